The number of aryl methyl sites for hydroxylation is 1. The molecule has 3 nitrogen and oxygen atoms in total. The second kappa shape index (κ2) is 6.23. The molecule has 0 heterocycles. The van der Waals surface area contributed by atoms with Crippen LogP contribution in [0.2, 0.25) is 0 Å². The van der Waals surface area contributed by atoms with Gasteiger partial charge >= 0.3 is 5.97 Å². The van der Waals surface area contributed by atoms with Crippen molar-refractivity contribution in [2.24, 2.45) is 0 Å². The molecule has 0 saturated heterocycles. The van der Waals surface area contributed by atoms with Gasteiger partial charge in [0, 0.05) is 0 Å². The predicted octanol–water partition coefficient (Wildman–Crippen LogP) is 4.21. The number of carbonyl (C=O) groups excluding carboxylic acids is 1. The zero-order chi connectivity index (χ0) is 15.4. The lowest BCUT2D eigenvalue weighted by Gasteiger charge is -2.11. The lowest BCUT2D eigenvalue weighted by Crippen LogP contribution is -2.09. The molecule has 2 aromatic carbocycles. The van der Waals surface area contributed by atoms with Gasteiger partial charge in [-0.25, -0.2) is 4.79 Å². The molecule has 106 valence electrons. The summed E-state index contributed by atoms with van der Waals surface area (Å²) in [7, 11) is 0. The molecule has 0 aromatic heterocycles. The van der Waals surface area contributed by atoms with Crippen molar-refractivity contribution in [3.63, 3.8) is 0 Å². The second-order valence-electron chi connectivity index (χ2n) is 5.26. The Morgan fingerprint density at radius 3 is 2.38 bits per heavy atom. The maximum absolute atomic E-state index is 12.1. The molecule has 0 saturated carbocycles. The summed E-state index contributed by atoms with van der Waals surface area (Å²) in [5.41, 5.74) is 3.00. The number of esters is 1. The zero-order valence-corrected chi connectivity index (χ0v) is 12.4. The van der Waals surface area contributed by atoms with Crippen molar-refractivity contribution in [3.8, 4) is 11.8 Å². The van der Waals surface area contributed by atoms with Crippen molar-refractivity contribution in [2.45, 2.75) is 26.7 Å². The maximum atomic E-state index is 12.1. The van der Waals surface area contributed by atoms with E-state index in [9.17, 15) is 4.79 Å². The maximum Gasteiger partial charge on any atom is 0.343 e. The smallest absolute Gasteiger partial charge is 0.343 e. The number of rotatable bonds is 3. The molecule has 0 amide bonds. The van der Waals surface area contributed by atoms with E-state index in [4.69, 9.17) is 10.00 Å². The quantitative estimate of drug-likeness (QED) is 0.624. The van der Waals surface area contributed by atoms with Crippen molar-refractivity contribution >= 4 is 5.97 Å². The first-order valence-electron chi connectivity index (χ1n) is 6.84. The molecule has 2 rings (SSSR count). The summed E-state index contributed by atoms with van der Waals surface area (Å²) in [5, 5.41) is 8.76. The normalized spacial score (nSPS) is 10.2. The predicted molar refractivity (Wildman–Crippen MR) is 81.4 cm³/mol. The summed E-state index contributed by atoms with van der Waals surface area (Å²) < 4.78 is 5.47. The Labute approximate surface area is 124 Å². The monoisotopic (exact) mass is 279 g/mol. The highest BCUT2D eigenvalue weighted by Gasteiger charge is 2.11. The van der Waals surface area contributed by atoms with Crippen LogP contribution >= 0.6 is 0 Å². The molecule has 3 heteroatoms. The summed E-state index contributed by atoms with van der Waals surface area (Å²) in [6.07, 6.45) is 0. The molecule has 0 aliphatic carbocycles. The van der Waals surface area contributed by atoms with Crippen LogP contribution in [0.15, 0.2) is 42.5 Å². The average molecular weight is 279 g/mol. The standard InChI is InChI=1S/C18H17NO2/c1-12(2)16-7-4-13(3)17(10-16)21-18(20)15-8-5-14(11-19)6-9-15/h4-10,12H,1-3H3. The average Bonchev–Trinajstić information content (AvgIpc) is 2.49. The van der Waals surface area contributed by atoms with Crippen LogP contribution in [-0.2, 0) is 0 Å². The van der Waals surface area contributed by atoms with Gasteiger partial charge in [0.2, 0.25) is 0 Å². The van der Waals surface area contributed by atoms with Crippen LogP contribution in [0.3, 0.4) is 0 Å². The van der Waals surface area contributed by atoms with Gasteiger partial charge in [0.25, 0.3) is 0 Å². The highest BCUT2D eigenvalue weighted by molar-refractivity contribution is 5.91. The van der Waals surface area contributed by atoms with Gasteiger partial charge in [-0.1, -0.05) is 26.0 Å². The minimum absolute atomic E-state index is 0.373. The molecule has 0 spiro atoms. The van der Waals surface area contributed by atoms with E-state index in [1.165, 1.54) is 0 Å². The van der Waals surface area contributed by atoms with Crippen molar-refractivity contribution in [1.82, 2.24) is 0 Å². The Hall–Kier alpha value is -2.60. The molecule has 2 aromatic rings. The Balaban J connectivity index is 2.22. The van der Waals surface area contributed by atoms with E-state index in [1.54, 1.807) is 24.3 Å². The van der Waals surface area contributed by atoms with E-state index < -0.39 is 5.97 Å². The summed E-state index contributed by atoms with van der Waals surface area (Å²) in [4.78, 5) is 12.1. The number of hydrogen-bond donors (Lipinski definition) is 0. The largest absolute Gasteiger partial charge is 0.423 e. The first-order valence-corrected chi connectivity index (χ1v) is 6.84. The molecule has 0 unspecified atom stereocenters. The van der Waals surface area contributed by atoms with Crippen LogP contribution in [0, 0.1) is 18.3 Å². The minimum atomic E-state index is -0.413. The Bertz CT molecular complexity index is 694. The molecule has 21 heavy (non-hydrogen) atoms. The summed E-state index contributed by atoms with van der Waals surface area (Å²) >= 11 is 0. The number of hydrogen-bond acceptors (Lipinski definition) is 3. The fraction of sp³-hybridized carbons (Fsp3) is 0.222. The Morgan fingerprint density at radius 1 is 1.14 bits per heavy atom. The number of benzene rings is 2. The molecule has 0 radical (unpaired) electrons. The van der Waals surface area contributed by atoms with Crippen LogP contribution in [0.4, 0.5) is 0 Å². The third-order valence-corrected chi connectivity index (χ3v) is 3.33. The molecular formula is C18H17NO2. The van der Waals surface area contributed by atoms with Gasteiger partial charge < -0.3 is 4.74 Å². The first-order chi connectivity index (χ1) is 10.0. The van der Waals surface area contributed by atoms with Gasteiger partial charge in [0.15, 0.2) is 0 Å². The van der Waals surface area contributed by atoms with Gasteiger partial charge in [0.1, 0.15) is 5.75 Å². The zero-order valence-electron chi connectivity index (χ0n) is 12.4. The van der Waals surface area contributed by atoms with E-state index in [-0.39, 0.29) is 0 Å². The van der Waals surface area contributed by atoms with Crippen molar-refractivity contribution in [1.29, 1.82) is 5.26 Å². The topological polar surface area (TPSA) is 50.1 Å². The van der Waals surface area contributed by atoms with Crippen LogP contribution < -0.4 is 4.74 Å². The lowest BCUT2D eigenvalue weighted by molar-refractivity contribution is 0.0733. The van der Waals surface area contributed by atoms with Crippen LogP contribution in [0.5, 0.6) is 5.75 Å². The van der Waals surface area contributed by atoms with Crippen LogP contribution in [-0.4, -0.2) is 5.97 Å². The van der Waals surface area contributed by atoms with Crippen molar-refractivity contribution in [2.75, 3.05) is 0 Å². The lowest BCUT2D eigenvalue weighted by atomic mass is 10.0. The fourth-order valence-corrected chi connectivity index (χ4v) is 1.93. The summed E-state index contributed by atoms with van der Waals surface area (Å²) in [5.74, 6) is 0.539. The molecule has 0 fully saturated rings. The van der Waals surface area contributed by atoms with Gasteiger partial charge in [-0.2, -0.15) is 5.26 Å². The molecular weight excluding hydrogens is 262 g/mol. The minimum Gasteiger partial charge on any atom is -0.423 e. The number of nitrogens with zero attached hydrogens (tertiary/aromatic N) is 1. The third-order valence-electron chi connectivity index (χ3n) is 3.33. The van der Waals surface area contributed by atoms with Crippen LogP contribution in [0.25, 0.3) is 0 Å². The van der Waals surface area contributed by atoms with E-state index in [2.05, 4.69) is 13.8 Å². The first kappa shape index (κ1) is 14.8. The highest BCUT2D eigenvalue weighted by atomic mass is 16.5. The number of carbonyl (C=O) groups is 1. The molecule has 0 atom stereocenters. The molecule has 0 bridgehead atoms. The SMILES string of the molecule is Cc1ccc(C(C)C)cc1OC(=O)c1ccc(C#N)cc1. The molecule has 0 aliphatic rings. The van der Waals surface area contributed by atoms with Crippen LogP contribution in [0.1, 0.15) is 46.8 Å². The van der Waals surface area contributed by atoms with Crippen molar-refractivity contribution < 1.29 is 9.53 Å². The number of nitriles is 1. The van der Waals surface area contributed by atoms with E-state index in [0.717, 1.165) is 11.1 Å². The Kier molecular flexibility index (Phi) is 4.39. The molecule has 0 aliphatic heterocycles. The third kappa shape index (κ3) is 3.49. The van der Waals surface area contributed by atoms with Gasteiger partial charge in [-0.3, -0.25) is 0 Å². The van der Waals surface area contributed by atoms with Gasteiger partial charge in [-0.15, -0.1) is 0 Å². The summed E-state index contributed by atoms with van der Waals surface area (Å²) in [6.45, 7) is 6.10. The van der Waals surface area contributed by atoms with Gasteiger partial charge in [-0.05, 0) is 54.3 Å². The summed E-state index contributed by atoms with van der Waals surface area (Å²) in [6, 6.07) is 14.3. The van der Waals surface area contributed by atoms with Crippen molar-refractivity contribution in [3.05, 3.63) is 64.7 Å². The van der Waals surface area contributed by atoms with E-state index in [1.807, 2.05) is 31.2 Å². The highest BCUT2D eigenvalue weighted by Crippen LogP contribution is 2.25. The molecule has 0 N–H and O–H groups in total. The van der Waals surface area contributed by atoms with Gasteiger partial charge in [0.05, 0.1) is 17.2 Å². The Morgan fingerprint density at radius 2 is 1.81 bits per heavy atom. The van der Waals surface area contributed by atoms with E-state index >= 15 is 0 Å². The van der Waals surface area contributed by atoms with E-state index in [0.29, 0.717) is 22.8 Å². The second-order valence-corrected chi connectivity index (χ2v) is 5.26. The number of ether oxygens (including phenoxy) is 1. The fourth-order valence-electron chi connectivity index (χ4n) is 1.93.